The second-order valence-electron chi connectivity index (χ2n) is 3.08. The van der Waals surface area contributed by atoms with Gasteiger partial charge in [0.1, 0.15) is 0 Å². The lowest BCUT2D eigenvalue weighted by atomic mass is 9.87. The highest BCUT2D eigenvalue weighted by molar-refractivity contribution is 6.13. The second-order valence-corrected chi connectivity index (χ2v) is 3.08. The molecule has 0 rings (SSSR count). The van der Waals surface area contributed by atoms with Gasteiger partial charge in [-0.2, -0.15) is 0 Å². The fourth-order valence-corrected chi connectivity index (χ4v) is 1.14. The van der Waals surface area contributed by atoms with Gasteiger partial charge in [-0.25, -0.2) is 14.4 Å². The number of esters is 1. The Hall–Kier alpha value is -2.91. The average molecular weight is 276 g/mol. The summed E-state index contributed by atoms with van der Waals surface area (Å²) in [6, 6.07) is 0. The van der Waals surface area contributed by atoms with Crippen LogP contribution in [0.25, 0.3) is 0 Å². The van der Waals surface area contributed by atoms with Gasteiger partial charge in [-0.15, -0.1) is 0 Å². The summed E-state index contributed by atoms with van der Waals surface area (Å²) in [4.78, 5) is 54.3. The summed E-state index contributed by atoms with van der Waals surface area (Å²) in [6.45, 7) is 2.86. The number of carbonyl (C=O) groups is 5. The van der Waals surface area contributed by atoms with Crippen LogP contribution in [0.5, 0.6) is 0 Å². The third-order valence-electron chi connectivity index (χ3n) is 1.96. The molecule has 0 spiro atoms. The smallest absolute Gasteiger partial charge is 0.361 e. The maximum absolute atomic E-state index is 10.9. The third-order valence-corrected chi connectivity index (χ3v) is 1.96. The van der Waals surface area contributed by atoms with Crippen LogP contribution in [0.1, 0.15) is 0 Å². The summed E-state index contributed by atoms with van der Waals surface area (Å²) < 4.78 is 3.98. The van der Waals surface area contributed by atoms with Crippen molar-refractivity contribution in [2.45, 2.75) is 5.60 Å². The maximum atomic E-state index is 10.9. The Labute approximate surface area is 104 Å². The van der Waals surface area contributed by atoms with E-state index in [4.69, 9.17) is 20.4 Å². The molecule has 0 aliphatic rings. The lowest BCUT2D eigenvalue weighted by Crippen LogP contribution is -2.60. The van der Waals surface area contributed by atoms with Crippen molar-refractivity contribution in [3.8, 4) is 0 Å². The molecule has 0 aliphatic heterocycles. The lowest BCUT2D eigenvalue weighted by molar-refractivity contribution is -0.202. The Morgan fingerprint density at radius 2 is 1.32 bits per heavy atom. The highest BCUT2D eigenvalue weighted by Crippen LogP contribution is 2.25. The molecule has 0 amide bonds. The lowest BCUT2D eigenvalue weighted by Gasteiger charge is -2.27. The first-order valence-electron chi connectivity index (χ1n) is 4.39. The van der Waals surface area contributed by atoms with Crippen LogP contribution in [0, 0.1) is 5.92 Å². The predicted molar refractivity (Wildman–Crippen MR) is 53.1 cm³/mol. The van der Waals surface area contributed by atoms with E-state index in [0.29, 0.717) is 6.08 Å². The van der Waals surface area contributed by atoms with Crippen molar-refractivity contribution in [3.63, 3.8) is 0 Å². The molecule has 0 atom stereocenters. The van der Waals surface area contributed by atoms with E-state index in [9.17, 15) is 24.0 Å². The fraction of sp³-hybridized carbons (Fsp3) is 0.222. The van der Waals surface area contributed by atoms with Crippen molar-refractivity contribution >= 4 is 29.8 Å². The largest absolute Gasteiger partial charge is 0.480 e. The van der Waals surface area contributed by atoms with Crippen molar-refractivity contribution in [2.75, 3.05) is 0 Å². The zero-order valence-electron chi connectivity index (χ0n) is 9.10. The number of hydrogen-bond acceptors (Lipinski definition) is 6. The molecule has 4 N–H and O–H groups in total. The topological polar surface area (TPSA) is 176 Å². The summed E-state index contributed by atoms with van der Waals surface area (Å²) in [7, 11) is 0. The molecule has 0 aromatic rings. The van der Waals surface area contributed by atoms with Gasteiger partial charge in [0.05, 0.1) is 0 Å². The van der Waals surface area contributed by atoms with E-state index in [1.165, 1.54) is 0 Å². The first kappa shape index (κ1) is 16.1. The zero-order valence-corrected chi connectivity index (χ0v) is 9.10. The quantitative estimate of drug-likeness (QED) is 0.241. The number of rotatable bonds is 7. The van der Waals surface area contributed by atoms with E-state index >= 15 is 0 Å². The SMILES string of the molecule is C=CC(=O)OC(C(=O)O)(C(=O)O)C(C(=O)O)C(=O)O. The fourth-order valence-electron chi connectivity index (χ4n) is 1.14. The number of hydrogen-bond donors (Lipinski definition) is 4. The van der Waals surface area contributed by atoms with Crippen molar-refractivity contribution in [1.82, 2.24) is 0 Å². The van der Waals surface area contributed by atoms with E-state index in [1.54, 1.807) is 0 Å². The minimum absolute atomic E-state index is 0.362. The summed E-state index contributed by atoms with van der Waals surface area (Å²) >= 11 is 0. The third kappa shape index (κ3) is 2.86. The molecular weight excluding hydrogens is 268 g/mol. The highest BCUT2D eigenvalue weighted by atomic mass is 16.6. The molecule has 0 fully saturated rings. The molecule has 0 aromatic heterocycles. The van der Waals surface area contributed by atoms with Gasteiger partial charge in [0, 0.05) is 6.08 Å². The standard InChI is InChI=1S/C9H8O10/c1-2-3(10)19-9(7(15)16,8(17)18)4(5(11)12)6(13)14/h2,4H,1H2,(H,11,12)(H,13,14)(H,15,16)(H,17,18). The number of aliphatic carboxylic acids is 4. The minimum atomic E-state index is -3.80. The van der Waals surface area contributed by atoms with Crippen LogP contribution in [0.15, 0.2) is 12.7 Å². The molecule has 0 aliphatic carbocycles. The molecule has 10 heteroatoms. The van der Waals surface area contributed by atoms with E-state index in [-0.39, 0.29) is 0 Å². The predicted octanol–water partition coefficient (Wildman–Crippen LogP) is -1.59. The van der Waals surface area contributed by atoms with Crippen LogP contribution in [-0.2, 0) is 28.7 Å². The van der Waals surface area contributed by atoms with E-state index in [1.807, 2.05) is 0 Å². The van der Waals surface area contributed by atoms with Gasteiger partial charge in [-0.3, -0.25) is 9.59 Å². The van der Waals surface area contributed by atoms with Gasteiger partial charge in [0.25, 0.3) is 0 Å². The number of carboxylic acid groups (broad SMARTS) is 4. The maximum Gasteiger partial charge on any atom is 0.361 e. The molecule has 0 saturated carbocycles. The Balaban J connectivity index is 6.11. The second kappa shape index (κ2) is 5.62. The Kier molecular flexibility index (Phi) is 4.76. The Bertz CT molecular complexity index is 434. The number of ether oxygens (including phenoxy) is 1. The average Bonchev–Trinajstić information content (AvgIpc) is 2.25. The molecule has 0 heterocycles. The Morgan fingerprint density at radius 3 is 1.53 bits per heavy atom. The zero-order chi connectivity index (χ0) is 15.4. The number of carboxylic acids is 4. The highest BCUT2D eigenvalue weighted by Gasteiger charge is 2.63. The van der Waals surface area contributed by atoms with E-state index in [2.05, 4.69) is 11.3 Å². The van der Waals surface area contributed by atoms with Crippen molar-refractivity contribution in [3.05, 3.63) is 12.7 Å². The first-order chi connectivity index (χ1) is 8.61. The van der Waals surface area contributed by atoms with Gasteiger partial charge in [0.15, 0.2) is 0 Å². The van der Waals surface area contributed by atoms with Gasteiger partial charge in [-0.05, 0) is 0 Å². The van der Waals surface area contributed by atoms with Crippen LogP contribution >= 0.6 is 0 Å². The van der Waals surface area contributed by atoms with Crippen LogP contribution in [-0.4, -0.2) is 55.9 Å². The van der Waals surface area contributed by atoms with Crippen molar-refractivity contribution < 1.29 is 49.1 Å². The molecule has 0 unspecified atom stereocenters. The summed E-state index contributed by atoms with van der Waals surface area (Å²) in [5.41, 5.74) is -3.80. The van der Waals surface area contributed by atoms with Crippen molar-refractivity contribution in [2.24, 2.45) is 5.92 Å². The summed E-state index contributed by atoms with van der Waals surface area (Å²) in [5, 5.41) is 34.9. The van der Waals surface area contributed by atoms with Crippen molar-refractivity contribution in [1.29, 1.82) is 0 Å². The first-order valence-corrected chi connectivity index (χ1v) is 4.39. The van der Waals surface area contributed by atoms with Crippen LogP contribution in [0.3, 0.4) is 0 Å². The molecule has 0 aromatic carbocycles. The molecule has 104 valence electrons. The Morgan fingerprint density at radius 1 is 0.947 bits per heavy atom. The number of carbonyl (C=O) groups excluding carboxylic acids is 1. The summed E-state index contributed by atoms with van der Waals surface area (Å²) in [5.74, 6) is -14.1. The summed E-state index contributed by atoms with van der Waals surface area (Å²) in [6.07, 6.45) is 0.362. The molecule has 19 heavy (non-hydrogen) atoms. The molecule has 0 saturated heterocycles. The van der Waals surface area contributed by atoms with Gasteiger partial charge < -0.3 is 25.2 Å². The monoisotopic (exact) mass is 276 g/mol. The van der Waals surface area contributed by atoms with E-state index < -0.39 is 41.4 Å². The van der Waals surface area contributed by atoms with E-state index in [0.717, 1.165) is 0 Å². The van der Waals surface area contributed by atoms with Crippen LogP contribution in [0.2, 0.25) is 0 Å². The van der Waals surface area contributed by atoms with Gasteiger partial charge >= 0.3 is 35.4 Å². The minimum Gasteiger partial charge on any atom is -0.480 e. The molecular formula is C9H8O10. The molecule has 0 radical (unpaired) electrons. The van der Waals surface area contributed by atoms with Gasteiger partial charge in [-0.1, -0.05) is 6.58 Å². The van der Waals surface area contributed by atoms with Gasteiger partial charge in [0.2, 0.25) is 5.92 Å². The van der Waals surface area contributed by atoms with Crippen LogP contribution in [0.4, 0.5) is 0 Å². The molecule has 10 nitrogen and oxygen atoms in total. The van der Waals surface area contributed by atoms with Crippen LogP contribution < -0.4 is 0 Å². The normalized spacial score (nSPS) is 10.6. The molecule has 0 bridgehead atoms.